The van der Waals surface area contributed by atoms with Crippen LogP contribution in [0, 0.1) is 5.41 Å². The summed E-state index contributed by atoms with van der Waals surface area (Å²) in [5.41, 5.74) is 0.102. The smallest absolute Gasteiger partial charge is 0.414 e. The molecule has 1 heterocycles. The second-order valence-corrected chi connectivity index (χ2v) is 7.11. The summed E-state index contributed by atoms with van der Waals surface area (Å²) in [5, 5.41) is 21.1. The van der Waals surface area contributed by atoms with Gasteiger partial charge in [-0.25, -0.2) is 14.4 Å². The quantitative estimate of drug-likeness (QED) is 0.532. The van der Waals surface area contributed by atoms with E-state index < -0.39 is 17.5 Å². The molecule has 0 aromatic carbocycles. The summed E-state index contributed by atoms with van der Waals surface area (Å²) < 4.78 is 5.26. The maximum absolute atomic E-state index is 11.6. The predicted octanol–water partition coefficient (Wildman–Crippen LogP) is 1.20. The van der Waals surface area contributed by atoms with Crippen molar-refractivity contribution in [3.8, 4) is 0 Å². The summed E-state index contributed by atoms with van der Waals surface area (Å²) in [6.45, 7) is 7.92. The molecule has 8 heteroatoms. The van der Waals surface area contributed by atoms with Crippen molar-refractivity contribution in [3.63, 3.8) is 0 Å². The number of piperidine rings is 1. The molecule has 1 amide bonds. The third-order valence-electron chi connectivity index (χ3n) is 3.93. The largest absolute Gasteiger partial charge is 0.473 e. The standard InChI is InChI=1S/C13H24N2O2.C2H2O4/c1-12(2,3)17-11(16)15-10-8-13(9-10)4-6-14-7-5-13;3-1(4)2(5)6/h10,14H,4-9H2,1-3H3,(H,15,16);(H,3,4)(H,5,6). The van der Waals surface area contributed by atoms with Crippen LogP contribution in [0.5, 0.6) is 0 Å². The zero-order valence-corrected chi connectivity index (χ0v) is 13.8. The van der Waals surface area contributed by atoms with Gasteiger partial charge in [0.2, 0.25) is 0 Å². The number of carboxylic acids is 2. The van der Waals surface area contributed by atoms with Crippen LogP contribution < -0.4 is 10.6 Å². The summed E-state index contributed by atoms with van der Waals surface area (Å²) in [6, 6.07) is 0.322. The van der Waals surface area contributed by atoms with Crippen molar-refractivity contribution in [2.24, 2.45) is 5.41 Å². The van der Waals surface area contributed by atoms with Crippen LogP contribution >= 0.6 is 0 Å². The van der Waals surface area contributed by atoms with E-state index in [0.717, 1.165) is 25.9 Å². The van der Waals surface area contributed by atoms with E-state index >= 15 is 0 Å². The van der Waals surface area contributed by atoms with E-state index in [-0.39, 0.29) is 6.09 Å². The van der Waals surface area contributed by atoms with Crippen molar-refractivity contribution in [3.05, 3.63) is 0 Å². The molecule has 0 atom stereocenters. The Morgan fingerprint density at radius 1 is 1.09 bits per heavy atom. The van der Waals surface area contributed by atoms with Gasteiger partial charge < -0.3 is 25.6 Å². The van der Waals surface area contributed by atoms with Crippen LogP contribution in [0.3, 0.4) is 0 Å². The molecule has 2 aliphatic rings. The van der Waals surface area contributed by atoms with E-state index in [1.54, 1.807) is 0 Å². The molecule has 0 aromatic heterocycles. The van der Waals surface area contributed by atoms with Crippen LogP contribution in [-0.4, -0.2) is 53.0 Å². The van der Waals surface area contributed by atoms with Gasteiger partial charge in [0.1, 0.15) is 5.60 Å². The number of carboxylic acid groups (broad SMARTS) is 2. The maximum Gasteiger partial charge on any atom is 0.414 e. The highest BCUT2D eigenvalue weighted by molar-refractivity contribution is 6.27. The first-order valence-corrected chi connectivity index (χ1v) is 7.69. The molecule has 2 rings (SSSR count). The van der Waals surface area contributed by atoms with Crippen LogP contribution in [0.2, 0.25) is 0 Å². The minimum absolute atomic E-state index is 0.272. The lowest BCUT2D eigenvalue weighted by molar-refractivity contribution is -0.159. The first kappa shape index (κ1) is 19.2. The van der Waals surface area contributed by atoms with Crippen molar-refractivity contribution in [1.29, 1.82) is 0 Å². The molecule has 0 radical (unpaired) electrons. The van der Waals surface area contributed by atoms with Gasteiger partial charge in [-0.15, -0.1) is 0 Å². The molecule has 1 aliphatic heterocycles. The van der Waals surface area contributed by atoms with Gasteiger partial charge in [-0.3, -0.25) is 0 Å². The molecule has 8 nitrogen and oxygen atoms in total. The lowest BCUT2D eigenvalue weighted by atomic mass is 9.60. The van der Waals surface area contributed by atoms with Crippen molar-refractivity contribution >= 4 is 18.0 Å². The number of carbonyl (C=O) groups excluding carboxylic acids is 1. The number of alkyl carbamates (subject to hydrolysis) is 1. The van der Waals surface area contributed by atoms with Crippen LogP contribution in [0.4, 0.5) is 4.79 Å². The number of nitrogens with one attached hydrogen (secondary N) is 2. The summed E-state index contributed by atoms with van der Waals surface area (Å²) in [6.07, 6.45) is 4.46. The zero-order chi connectivity index (χ0) is 17.7. The minimum Gasteiger partial charge on any atom is -0.473 e. The summed E-state index contributed by atoms with van der Waals surface area (Å²) in [4.78, 5) is 29.8. The zero-order valence-electron chi connectivity index (χ0n) is 13.8. The van der Waals surface area contributed by atoms with Gasteiger partial charge in [0.15, 0.2) is 0 Å². The molecular weight excluding hydrogens is 304 g/mol. The van der Waals surface area contributed by atoms with E-state index in [4.69, 9.17) is 24.5 Å². The lowest BCUT2D eigenvalue weighted by Crippen LogP contribution is -2.54. The van der Waals surface area contributed by atoms with Crippen LogP contribution in [0.25, 0.3) is 0 Å². The highest BCUT2D eigenvalue weighted by Gasteiger charge is 2.45. The minimum atomic E-state index is -1.82. The molecule has 1 aliphatic carbocycles. The molecule has 1 spiro atoms. The Morgan fingerprint density at radius 3 is 1.96 bits per heavy atom. The van der Waals surface area contributed by atoms with Crippen LogP contribution in [-0.2, 0) is 14.3 Å². The molecule has 4 N–H and O–H groups in total. The Kier molecular flexibility index (Phi) is 6.37. The van der Waals surface area contributed by atoms with Gasteiger partial charge in [0.25, 0.3) is 0 Å². The van der Waals surface area contributed by atoms with Crippen LogP contribution in [0.15, 0.2) is 0 Å². The van der Waals surface area contributed by atoms with Crippen molar-refractivity contribution in [2.45, 2.75) is 58.1 Å². The lowest BCUT2D eigenvalue weighted by Gasteiger charge is -2.50. The topological polar surface area (TPSA) is 125 Å². The number of rotatable bonds is 1. The highest BCUT2D eigenvalue weighted by atomic mass is 16.6. The Morgan fingerprint density at radius 2 is 1.57 bits per heavy atom. The Bertz CT molecular complexity index is 431. The van der Waals surface area contributed by atoms with Gasteiger partial charge in [-0.2, -0.15) is 0 Å². The molecule has 0 bridgehead atoms. The molecule has 132 valence electrons. The number of hydrogen-bond donors (Lipinski definition) is 4. The van der Waals surface area contributed by atoms with E-state index in [2.05, 4.69) is 10.6 Å². The number of aliphatic carboxylic acids is 2. The Hall–Kier alpha value is -1.83. The molecule has 0 aromatic rings. The van der Waals surface area contributed by atoms with E-state index in [1.165, 1.54) is 12.8 Å². The van der Waals surface area contributed by atoms with Gasteiger partial charge in [0.05, 0.1) is 0 Å². The molecule has 23 heavy (non-hydrogen) atoms. The molecule has 1 saturated heterocycles. The third-order valence-corrected chi connectivity index (χ3v) is 3.93. The number of carbonyl (C=O) groups is 3. The number of amides is 1. The predicted molar refractivity (Wildman–Crippen MR) is 82.2 cm³/mol. The van der Waals surface area contributed by atoms with Crippen LogP contribution in [0.1, 0.15) is 46.5 Å². The molecular formula is C15H26N2O6. The molecule has 1 saturated carbocycles. The first-order chi connectivity index (χ1) is 10.5. The Balaban J connectivity index is 0.000000379. The monoisotopic (exact) mass is 330 g/mol. The first-order valence-electron chi connectivity index (χ1n) is 7.69. The van der Waals surface area contributed by atoms with Gasteiger partial charge in [-0.05, 0) is 65.0 Å². The summed E-state index contributed by atoms with van der Waals surface area (Å²) >= 11 is 0. The summed E-state index contributed by atoms with van der Waals surface area (Å²) in [7, 11) is 0. The van der Waals surface area contributed by atoms with Gasteiger partial charge in [0, 0.05) is 6.04 Å². The average Bonchev–Trinajstić information content (AvgIpc) is 2.36. The van der Waals surface area contributed by atoms with Crippen molar-refractivity contribution in [1.82, 2.24) is 10.6 Å². The second kappa shape index (κ2) is 7.63. The second-order valence-electron chi connectivity index (χ2n) is 7.11. The van der Waals surface area contributed by atoms with E-state index in [1.807, 2.05) is 20.8 Å². The fraction of sp³-hybridized carbons (Fsp3) is 0.800. The summed E-state index contributed by atoms with van der Waals surface area (Å²) in [5.74, 6) is -3.65. The van der Waals surface area contributed by atoms with Gasteiger partial charge >= 0.3 is 18.0 Å². The fourth-order valence-corrected chi connectivity index (χ4v) is 2.93. The van der Waals surface area contributed by atoms with Crippen molar-refractivity contribution < 1.29 is 29.3 Å². The average molecular weight is 330 g/mol. The third kappa shape index (κ3) is 6.85. The van der Waals surface area contributed by atoms with Crippen molar-refractivity contribution in [2.75, 3.05) is 13.1 Å². The Labute approximate surface area is 135 Å². The normalized spacial score (nSPS) is 19.8. The maximum atomic E-state index is 11.6. The number of hydrogen-bond acceptors (Lipinski definition) is 5. The van der Waals surface area contributed by atoms with Gasteiger partial charge in [-0.1, -0.05) is 0 Å². The van der Waals surface area contributed by atoms with E-state index in [0.29, 0.717) is 11.5 Å². The molecule has 0 unspecified atom stereocenters. The number of ether oxygens (including phenoxy) is 1. The highest BCUT2D eigenvalue weighted by Crippen LogP contribution is 2.47. The van der Waals surface area contributed by atoms with E-state index in [9.17, 15) is 4.79 Å². The SMILES string of the molecule is CC(C)(C)OC(=O)NC1CC2(CCNCC2)C1.O=C(O)C(=O)O. The molecule has 2 fully saturated rings. The fourth-order valence-electron chi connectivity index (χ4n) is 2.93.